The maximum atomic E-state index is 5.13. The monoisotopic (exact) mass is 788 g/mol. The third-order valence-corrected chi connectivity index (χ3v) is 12.9. The molecule has 8 aromatic carbocycles. The highest BCUT2D eigenvalue weighted by molar-refractivity contribution is 7.26. The lowest BCUT2D eigenvalue weighted by Crippen LogP contribution is -2.02. The Labute approximate surface area is 353 Å². The number of unbranched alkanes of at least 4 members (excludes halogenated alkanes) is 1. The van der Waals surface area contributed by atoms with Gasteiger partial charge in [-0.1, -0.05) is 165 Å². The smallest absolute Gasteiger partial charge is 0.164 e. The van der Waals surface area contributed by atoms with E-state index in [4.69, 9.17) is 15.0 Å². The number of aromatic nitrogens is 4. The largest absolute Gasteiger partial charge is 0.309 e. The van der Waals surface area contributed by atoms with Gasteiger partial charge < -0.3 is 4.57 Å². The molecule has 0 aliphatic heterocycles. The van der Waals surface area contributed by atoms with Gasteiger partial charge in [0, 0.05) is 53.2 Å². The van der Waals surface area contributed by atoms with Crippen LogP contribution in [0.5, 0.6) is 0 Å². The molecule has 3 aromatic heterocycles. The van der Waals surface area contributed by atoms with Gasteiger partial charge in [-0.25, -0.2) is 15.0 Å². The number of benzene rings is 8. The van der Waals surface area contributed by atoms with Crippen LogP contribution >= 0.6 is 11.3 Å². The molecule has 0 saturated carbocycles. The minimum atomic E-state index is 0.635. The Morgan fingerprint density at radius 2 is 1.03 bits per heavy atom. The van der Waals surface area contributed by atoms with E-state index < -0.39 is 0 Å². The van der Waals surface area contributed by atoms with Crippen molar-refractivity contribution in [3.05, 3.63) is 194 Å². The van der Waals surface area contributed by atoms with E-state index in [1.807, 2.05) is 47.7 Å². The quantitative estimate of drug-likeness (QED) is 0.146. The molecule has 11 rings (SSSR count). The van der Waals surface area contributed by atoms with Crippen molar-refractivity contribution in [3.8, 4) is 62.1 Å². The third kappa shape index (κ3) is 6.35. The zero-order valence-corrected chi connectivity index (χ0v) is 34.0. The van der Waals surface area contributed by atoms with Crippen molar-refractivity contribution >= 4 is 53.3 Å². The lowest BCUT2D eigenvalue weighted by Gasteiger charge is -2.17. The zero-order chi connectivity index (χ0) is 40.0. The summed E-state index contributed by atoms with van der Waals surface area (Å²) >= 11 is 1.88. The molecule has 0 N–H and O–H groups in total. The van der Waals surface area contributed by atoms with Gasteiger partial charge in [-0.15, -0.1) is 11.3 Å². The molecule has 0 atom stereocenters. The first-order valence-corrected chi connectivity index (χ1v) is 21.6. The molecule has 0 saturated heterocycles. The Hall–Kier alpha value is -7.21. The van der Waals surface area contributed by atoms with Crippen molar-refractivity contribution in [2.24, 2.45) is 0 Å². The molecule has 3 heterocycles. The standard InChI is InChI=1S/C55H40N4S/c1-2-3-15-36-26-28-37(29-27-36)47-34-41(55-57-53(38-16-6-4-7-17-38)56-54(58-55)39-18-8-5-9-19-39)31-33-49(47)59-48-24-12-10-20-43(48)44-32-30-40(35-50(44)59)42-22-14-23-46-45-21-11-13-25-51(45)60-52(42)46/h4-14,16-35H,2-3,15H2,1H3. The van der Waals surface area contributed by atoms with Gasteiger partial charge in [-0.3, -0.25) is 0 Å². The molecule has 0 fully saturated rings. The first kappa shape index (κ1) is 35.9. The van der Waals surface area contributed by atoms with Crippen LogP contribution in [0.2, 0.25) is 0 Å². The SMILES string of the molecule is CCCCc1ccc(-c2cc(-c3nc(-c4ccccc4)nc(-c4ccccc4)n3)ccc2-n2c3ccccc3c3ccc(-c4cccc5c4sc4ccccc45)cc32)cc1. The minimum Gasteiger partial charge on any atom is -0.309 e. The number of aryl methyl sites for hydroxylation is 1. The van der Waals surface area contributed by atoms with Crippen LogP contribution in [0, 0.1) is 0 Å². The summed E-state index contributed by atoms with van der Waals surface area (Å²) in [5.41, 5.74) is 12.3. The van der Waals surface area contributed by atoms with Crippen LogP contribution in [0.1, 0.15) is 25.3 Å². The van der Waals surface area contributed by atoms with Crippen molar-refractivity contribution in [1.82, 2.24) is 19.5 Å². The topological polar surface area (TPSA) is 43.6 Å². The Balaban J connectivity index is 1.14. The zero-order valence-electron chi connectivity index (χ0n) is 33.2. The van der Waals surface area contributed by atoms with E-state index in [0.717, 1.165) is 45.4 Å². The molecule has 0 radical (unpaired) electrons. The van der Waals surface area contributed by atoms with Crippen LogP contribution < -0.4 is 0 Å². The van der Waals surface area contributed by atoms with Gasteiger partial charge in [-0.2, -0.15) is 0 Å². The molecule has 60 heavy (non-hydrogen) atoms. The van der Waals surface area contributed by atoms with Gasteiger partial charge >= 0.3 is 0 Å². The predicted molar refractivity (Wildman–Crippen MR) is 253 cm³/mol. The summed E-state index contributed by atoms with van der Waals surface area (Å²) in [7, 11) is 0. The maximum Gasteiger partial charge on any atom is 0.164 e. The van der Waals surface area contributed by atoms with Crippen molar-refractivity contribution in [1.29, 1.82) is 0 Å². The molecule has 0 aliphatic rings. The van der Waals surface area contributed by atoms with Crippen LogP contribution in [-0.2, 0) is 6.42 Å². The maximum absolute atomic E-state index is 5.13. The van der Waals surface area contributed by atoms with Crippen LogP contribution in [0.15, 0.2) is 188 Å². The average molecular weight is 789 g/mol. The van der Waals surface area contributed by atoms with Gasteiger partial charge in [0.2, 0.25) is 0 Å². The minimum absolute atomic E-state index is 0.635. The average Bonchev–Trinajstić information content (AvgIpc) is 3.87. The molecule has 4 nitrogen and oxygen atoms in total. The van der Waals surface area contributed by atoms with Crippen LogP contribution in [0.4, 0.5) is 0 Å². The van der Waals surface area contributed by atoms with Gasteiger partial charge in [0.1, 0.15) is 0 Å². The summed E-state index contributed by atoms with van der Waals surface area (Å²) in [6, 6.07) is 67.5. The molecule has 0 amide bonds. The third-order valence-electron chi connectivity index (χ3n) is 11.7. The van der Waals surface area contributed by atoms with Crippen molar-refractivity contribution in [2.75, 3.05) is 0 Å². The number of fused-ring (bicyclic) bond motifs is 6. The highest BCUT2D eigenvalue weighted by atomic mass is 32.1. The van der Waals surface area contributed by atoms with Gasteiger partial charge in [0.25, 0.3) is 0 Å². The lowest BCUT2D eigenvalue weighted by molar-refractivity contribution is 0.795. The van der Waals surface area contributed by atoms with E-state index in [-0.39, 0.29) is 0 Å². The van der Waals surface area contributed by atoms with E-state index in [1.54, 1.807) is 0 Å². The number of nitrogens with zero attached hydrogens (tertiary/aromatic N) is 4. The fourth-order valence-corrected chi connectivity index (χ4v) is 9.88. The Kier molecular flexibility index (Phi) is 9.09. The Bertz CT molecular complexity index is 3290. The van der Waals surface area contributed by atoms with E-state index in [0.29, 0.717) is 17.5 Å². The molecule has 0 bridgehead atoms. The second-order valence-electron chi connectivity index (χ2n) is 15.4. The van der Waals surface area contributed by atoms with E-state index in [9.17, 15) is 0 Å². The Morgan fingerprint density at radius 1 is 0.433 bits per heavy atom. The van der Waals surface area contributed by atoms with Crippen LogP contribution in [0.3, 0.4) is 0 Å². The number of thiophene rings is 1. The molecule has 286 valence electrons. The number of rotatable bonds is 9. The first-order valence-electron chi connectivity index (χ1n) is 20.7. The number of hydrogen-bond donors (Lipinski definition) is 0. The molecule has 5 heteroatoms. The summed E-state index contributed by atoms with van der Waals surface area (Å²) in [5, 5.41) is 5.06. The highest BCUT2D eigenvalue weighted by Gasteiger charge is 2.20. The molecular weight excluding hydrogens is 749 g/mol. The van der Waals surface area contributed by atoms with Crippen molar-refractivity contribution in [3.63, 3.8) is 0 Å². The van der Waals surface area contributed by atoms with E-state index >= 15 is 0 Å². The lowest BCUT2D eigenvalue weighted by atomic mass is 9.97. The summed E-state index contributed by atoms with van der Waals surface area (Å²) in [6.45, 7) is 2.25. The first-order chi connectivity index (χ1) is 29.7. The summed E-state index contributed by atoms with van der Waals surface area (Å²) < 4.78 is 5.09. The molecule has 11 aromatic rings. The van der Waals surface area contributed by atoms with Gasteiger partial charge in [0.05, 0.1) is 16.7 Å². The van der Waals surface area contributed by atoms with E-state index in [1.165, 1.54) is 66.0 Å². The molecule has 0 unspecified atom stereocenters. The van der Waals surface area contributed by atoms with Crippen molar-refractivity contribution in [2.45, 2.75) is 26.2 Å². The molecule has 0 spiro atoms. The second-order valence-corrected chi connectivity index (χ2v) is 16.5. The van der Waals surface area contributed by atoms with Crippen LogP contribution in [0.25, 0.3) is 104 Å². The summed E-state index contributed by atoms with van der Waals surface area (Å²) in [5.74, 6) is 1.93. The molecular formula is C55H40N4S. The predicted octanol–water partition coefficient (Wildman–Crippen LogP) is 15.0. The summed E-state index contributed by atoms with van der Waals surface area (Å²) in [4.78, 5) is 15.2. The number of para-hydroxylation sites is 1. The Morgan fingerprint density at radius 3 is 1.77 bits per heavy atom. The van der Waals surface area contributed by atoms with Gasteiger partial charge in [0.15, 0.2) is 17.5 Å². The number of hydrogen-bond acceptors (Lipinski definition) is 4. The second kappa shape index (κ2) is 15.2. The van der Waals surface area contributed by atoms with E-state index in [2.05, 4.69) is 163 Å². The molecule has 0 aliphatic carbocycles. The normalized spacial score (nSPS) is 11.6. The summed E-state index contributed by atoms with van der Waals surface area (Å²) in [6.07, 6.45) is 3.41. The fourth-order valence-electron chi connectivity index (χ4n) is 8.64. The van der Waals surface area contributed by atoms with Crippen LogP contribution in [-0.4, -0.2) is 19.5 Å². The van der Waals surface area contributed by atoms with Crippen molar-refractivity contribution < 1.29 is 0 Å². The van der Waals surface area contributed by atoms with Gasteiger partial charge in [-0.05, 0) is 71.5 Å². The fraction of sp³-hybridized carbons (Fsp3) is 0.0727. The highest BCUT2D eigenvalue weighted by Crippen LogP contribution is 2.43.